The second-order valence-corrected chi connectivity index (χ2v) is 7.42. The summed E-state index contributed by atoms with van der Waals surface area (Å²) < 4.78 is 12.2. The van der Waals surface area contributed by atoms with Gasteiger partial charge in [0.05, 0.1) is 17.5 Å². The molecule has 4 heteroatoms. The van der Waals surface area contributed by atoms with E-state index in [0.29, 0.717) is 6.04 Å². The van der Waals surface area contributed by atoms with Crippen LogP contribution in [0, 0.1) is 0 Å². The first-order valence-corrected chi connectivity index (χ1v) is 7.89. The molecule has 0 spiro atoms. The summed E-state index contributed by atoms with van der Waals surface area (Å²) in [6.07, 6.45) is 5.38. The van der Waals surface area contributed by atoms with Gasteiger partial charge in [-0.1, -0.05) is 0 Å². The monoisotopic (exact) mass is 290 g/mol. The highest BCUT2D eigenvalue weighted by Crippen LogP contribution is 2.39. The van der Waals surface area contributed by atoms with Gasteiger partial charge in [-0.3, -0.25) is 4.98 Å². The second kappa shape index (κ2) is 5.25. The van der Waals surface area contributed by atoms with Gasteiger partial charge in [-0.25, -0.2) is 0 Å². The van der Waals surface area contributed by atoms with Crippen LogP contribution in [0.2, 0.25) is 0 Å². The Morgan fingerprint density at radius 3 is 2.57 bits per heavy atom. The highest BCUT2D eigenvalue weighted by molar-refractivity contribution is 5.21. The van der Waals surface area contributed by atoms with Crippen molar-refractivity contribution in [3.63, 3.8) is 0 Å². The van der Waals surface area contributed by atoms with E-state index in [0.717, 1.165) is 24.4 Å². The van der Waals surface area contributed by atoms with Gasteiger partial charge in [-0.2, -0.15) is 0 Å². The molecule has 4 nitrogen and oxygen atoms in total. The van der Waals surface area contributed by atoms with Crippen LogP contribution in [0.1, 0.15) is 52.7 Å². The maximum atomic E-state index is 6.11. The van der Waals surface area contributed by atoms with Crippen molar-refractivity contribution in [2.45, 2.75) is 76.9 Å². The molecule has 1 aliphatic heterocycles. The Kier molecular flexibility index (Phi) is 3.70. The average molecular weight is 290 g/mol. The Labute approximate surface area is 127 Å². The predicted octanol–water partition coefficient (Wildman–Crippen LogP) is 3.06. The van der Waals surface area contributed by atoms with Crippen molar-refractivity contribution < 1.29 is 9.47 Å². The molecule has 1 saturated carbocycles. The zero-order valence-electron chi connectivity index (χ0n) is 13.5. The first-order chi connectivity index (χ1) is 9.84. The van der Waals surface area contributed by atoms with E-state index in [1.165, 1.54) is 12.8 Å². The van der Waals surface area contributed by atoms with Crippen LogP contribution in [-0.4, -0.2) is 28.3 Å². The van der Waals surface area contributed by atoms with Crippen molar-refractivity contribution in [2.75, 3.05) is 0 Å². The van der Waals surface area contributed by atoms with Gasteiger partial charge in [0.15, 0.2) is 0 Å². The summed E-state index contributed by atoms with van der Waals surface area (Å²) in [6, 6.07) is 4.76. The van der Waals surface area contributed by atoms with E-state index in [2.05, 4.69) is 38.0 Å². The van der Waals surface area contributed by atoms with Crippen LogP contribution in [-0.2, 0) is 11.3 Å². The smallest absolute Gasteiger partial charge is 0.138 e. The van der Waals surface area contributed by atoms with Crippen LogP contribution in [0.4, 0.5) is 0 Å². The average Bonchev–Trinajstić information content (AvgIpc) is 3.16. The van der Waals surface area contributed by atoms with E-state index in [1.54, 1.807) is 0 Å². The number of ether oxygens (including phenoxy) is 2. The standard InChI is InChI=1S/C17H26N2O2/c1-16(2)9-15(17(3,4)21-16)20-14-8-7-13(19-11-14)10-18-12-5-6-12/h7-8,11-12,15,18H,5-6,9-10H2,1-4H3. The molecule has 0 radical (unpaired) electrons. The van der Waals surface area contributed by atoms with E-state index in [-0.39, 0.29) is 17.3 Å². The maximum Gasteiger partial charge on any atom is 0.138 e. The molecule has 1 atom stereocenters. The van der Waals surface area contributed by atoms with Crippen LogP contribution in [0.15, 0.2) is 18.3 Å². The summed E-state index contributed by atoms with van der Waals surface area (Å²) in [7, 11) is 0. The fourth-order valence-corrected chi connectivity index (χ4v) is 2.98. The first-order valence-electron chi connectivity index (χ1n) is 7.89. The summed E-state index contributed by atoms with van der Waals surface area (Å²) in [4.78, 5) is 4.48. The molecule has 0 bridgehead atoms. The molecule has 1 N–H and O–H groups in total. The molecule has 116 valence electrons. The van der Waals surface area contributed by atoms with Crippen molar-refractivity contribution in [3.05, 3.63) is 24.0 Å². The number of hydrogen-bond donors (Lipinski definition) is 1. The molecule has 1 saturated heterocycles. The molecule has 2 aliphatic rings. The number of rotatable bonds is 5. The third-order valence-corrected chi connectivity index (χ3v) is 4.22. The first kappa shape index (κ1) is 14.8. The minimum atomic E-state index is -0.268. The Balaban J connectivity index is 1.59. The number of nitrogens with one attached hydrogen (secondary N) is 1. The molecule has 3 rings (SSSR count). The van der Waals surface area contributed by atoms with Gasteiger partial charge >= 0.3 is 0 Å². The van der Waals surface area contributed by atoms with Crippen LogP contribution < -0.4 is 10.1 Å². The molecule has 21 heavy (non-hydrogen) atoms. The topological polar surface area (TPSA) is 43.4 Å². The van der Waals surface area contributed by atoms with Crippen molar-refractivity contribution in [1.82, 2.24) is 10.3 Å². The quantitative estimate of drug-likeness (QED) is 0.905. The SMILES string of the molecule is CC1(C)CC(Oc2ccc(CNC3CC3)nc2)C(C)(C)O1. The van der Waals surface area contributed by atoms with Crippen LogP contribution in [0.3, 0.4) is 0 Å². The summed E-state index contributed by atoms with van der Waals surface area (Å²) in [5, 5.41) is 3.47. The molecule has 1 aromatic rings. The molecular weight excluding hydrogens is 264 g/mol. The summed E-state index contributed by atoms with van der Waals surface area (Å²) >= 11 is 0. The molecule has 1 unspecified atom stereocenters. The zero-order chi connectivity index (χ0) is 15.1. The van der Waals surface area contributed by atoms with Gasteiger partial charge in [0.2, 0.25) is 0 Å². The molecule has 0 amide bonds. The molecule has 2 fully saturated rings. The Morgan fingerprint density at radius 1 is 1.29 bits per heavy atom. The van der Waals surface area contributed by atoms with Gasteiger partial charge in [0.25, 0.3) is 0 Å². The zero-order valence-corrected chi connectivity index (χ0v) is 13.5. The van der Waals surface area contributed by atoms with E-state index in [1.807, 2.05) is 18.3 Å². The molecule has 2 heterocycles. The third kappa shape index (κ3) is 3.74. The Morgan fingerprint density at radius 2 is 2.05 bits per heavy atom. The van der Waals surface area contributed by atoms with Crippen LogP contribution in [0.25, 0.3) is 0 Å². The lowest BCUT2D eigenvalue weighted by atomic mass is 9.97. The lowest BCUT2D eigenvalue weighted by Gasteiger charge is -2.27. The van der Waals surface area contributed by atoms with Crippen LogP contribution >= 0.6 is 0 Å². The van der Waals surface area contributed by atoms with Crippen molar-refractivity contribution in [2.24, 2.45) is 0 Å². The van der Waals surface area contributed by atoms with Crippen molar-refractivity contribution in [1.29, 1.82) is 0 Å². The van der Waals surface area contributed by atoms with Crippen LogP contribution in [0.5, 0.6) is 5.75 Å². The summed E-state index contributed by atoms with van der Waals surface area (Å²) in [5.74, 6) is 0.824. The van der Waals surface area contributed by atoms with Crippen molar-refractivity contribution >= 4 is 0 Å². The normalized spacial score (nSPS) is 26.8. The second-order valence-electron chi connectivity index (χ2n) is 7.42. The molecule has 1 aromatic heterocycles. The van der Waals surface area contributed by atoms with E-state index < -0.39 is 0 Å². The van der Waals surface area contributed by atoms with E-state index in [4.69, 9.17) is 9.47 Å². The predicted molar refractivity (Wildman–Crippen MR) is 82.4 cm³/mol. The lowest BCUT2D eigenvalue weighted by molar-refractivity contribution is -0.0846. The Hall–Kier alpha value is -1.13. The number of aromatic nitrogens is 1. The lowest BCUT2D eigenvalue weighted by Crippen LogP contribution is -2.36. The number of nitrogens with zero attached hydrogens (tertiary/aromatic N) is 1. The minimum absolute atomic E-state index is 0.0599. The third-order valence-electron chi connectivity index (χ3n) is 4.22. The fraction of sp³-hybridized carbons (Fsp3) is 0.706. The van der Waals surface area contributed by atoms with Gasteiger partial charge in [0, 0.05) is 19.0 Å². The van der Waals surface area contributed by atoms with Gasteiger partial charge in [-0.15, -0.1) is 0 Å². The Bertz CT molecular complexity index is 492. The van der Waals surface area contributed by atoms with E-state index in [9.17, 15) is 0 Å². The summed E-state index contributed by atoms with van der Waals surface area (Å²) in [6.45, 7) is 9.25. The number of hydrogen-bond acceptors (Lipinski definition) is 4. The minimum Gasteiger partial charge on any atom is -0.486 e. The van der Waals surface area contributed by atoms with E-state index >= 15 is 0 Å². The number of pyridine rings is 1. The van der Waals surface area contributed by atoms with Gasteiger partial charge < -0.3 is 14.8 Å². The molecule has 1 aliphatic carbocycles. The highest BCUT2D eigenvalue weighted by Gasteiger charge is 2.47. The maximum absolute atomic E-state index is 6.11. The van der Waals surface area contributed by atoms with Crippen molar-refractivity contribution in [3.8, 4) is 5.75 Å². The molecular formula is C17H26N2O2. The fourth-order valence-electron chi connectivity index (χ4n) is 2.98. The summed E-state index contributed by atoms with van der Waals surface area (Å²) in [5.41, 5.74) is 0.669. The molecule has 0 aromatic carbocycles. The van der Waals surface area contributed by atoms with Gasteiger partial charge in [-0.05, 0) is 52.7 Å². The van der Waals surface area contributed by atoms with Gasteiger partial charge in [0.1, 0.15) is 17.5 Å². The highest BCUT2D eigenvalue weighted by atomic mass is 16.6. The largest absolute Gasteiger partial charge is 0.486 e.